The lowest BCUT2D eigenvalue weighted by Gasteiger charge is -2.12. The molecule has 96 valence electrons. The van der Waals surface area contributed by atoms with Crippen LogP contribution in [0.3, 0.4) is 0 Å². The van der Waals surface area contributed by atoms with Crippen molar-refractivity contribution < 1.29 is 18.0 Å². The van der Waals surface area contributed by atoms with Crippen LogP contribution in [0.1, 0.15) is 18.1 Å². The zero-order valence-corrected chi connectivity index (χ0v) is 9.38. The van der Waals surface area contributed by atoms with E-state index in [1.165, 1.54) is 19.1 Å². The number of hydrogen-bond acceptors (Lipinski definition) is 3. The Kier molecular flexibility index (Phi) is 3.93. The van der Waals surface area contributed by atoms with E-state index >= 15 is 0 Å². The third kappa shape index (κ3) is 3.21. The fraction of sp³-hybridized carbons (Fsp3) is 0.273. The number of carbonyl (C=O) groups is 1. The van der Waals surface area contributed by atoms with E-state index in [2.05, 4.69) is 5.32 Å². The number of benzene rings is 1. The zero-order valence-electron chi connectivity index (χ0n) is 9.38. The Labute approximate surface area is 101 Å². The van der Waals surface area contributed by atoms with Gasteiger partial charge in [-0.05, 0) is 25.1 Å². The predicted octanol–water partition coefficient (Wildman–Crippen LogP) is 1.86. The molecule has 0 aliphatic heterocycles. The number of anilines is 1. The normalized spacial score (nSPS) is 12.7. The van der Waals surface area contributed by atoms with Crippen LogP contribution in [-0.2, 0) is 11.0 Å². The van der Waals surface area contributed by atoms with Gasteiger partial charge in [-0.2, -0.15) is 18.4 Å². The van der Waals surface area contributed by atoms with Gasteiger partial charge < -0.3 is 11.1 Å². The number of carbonyl (C=O) groups excluding carboxylic acids is 1. The van der Waals surface area contributed by atoms with Gasteiger partial charge in [-0.3, -0.25) is 4.79 Å². The molecule has 0 aliphatic carbocycles. The lowest BCUT2D eigenvalue weighted by atomic mass is 10.1. The standard InChI is InChI=1S/C11H10F3N3O/c1-6(16)10(18)17-8-3-2-7(5-15)9(4-8)11(12,13)14/h2-4,6H,16H2,1H3,(H,17,18)/t6-/m1/s1. The van der Waals surface area contributed by atoms with Crippen molar-refractivity contribution in [3.05, 3.63) is 29.3 Å². The number of rotatable bonds is 2. The fourth-order valence-corrected chi connectivity index (χ4v) is 1.21. The second kappa shape index (κ2) is 5.06. The second-order valence-electron chi connectivity index (χ2n) is 3.65. The molecule has 7 heteroatoms. The van der Waals surface area contributed by atoms with Gasteiger partial charge in [0.25, 0.3) is 0 Å². The molecule has 1 amide bonds. The number of nitriles is 1. The van der Waals surface area contributed by atoms with Crippen molar-refractivity contribution in [2.45, 2.75) is 19.1 Å². The monoisotopic (exact) mass is 257 g/mol. The second-order valence-corrected chi connectivity index (χ2v) is 3.65. The van der Waals surface area contributed by atoms with E-state index < -0.39 is 29.3 Å². The average molecular weight is 257 g/mol. The van der Waals surface area contributed by atoms with Crippen molar-refractivity contribution in [2.75, 3.05) is 5.32 Å². The van der Waals surface area contributed by atoms with E-state index in [4.69, 9.17) is 11.0 Å². The largest absolute Gasteiger partial charge is 0.417 e. The average Bonchev–Trinajstić information content (AvgIpc) is 2.27. The molecule has 1 aromatic carbocycles. The summed E-state index contributed by atoms with van der Waals surface area (Å²) < 4.78 is 37.9. The molecule has 0 saturated heterocycles. The van der Waals surface area contributed by atoms with Gasteiger partial charge in [0.2, 0.25) is 5.91 Å². The van der Waals surface area contributed by atoms with Crippen LogP contribution in [0.4, 0.5) is 18.9 Å². The van der Waals surface area contributed by atoms with Crippen molar-refractivity contribution in [2.24, 2.45) is 5.73 Å². The van der Waals surface area contributed by atoms with Crippen molar-refractivity contribution in [1.29, 1.82) is 5.26 Å². The molecule has 4 nitrogen and oxygen atoms in total. The zero-order chi connectivity index (χ0) is 13.9. The lowest BCUT2D eigenvalue weighted by molar-refractivity contribution is -0.137. The Morgan fingerprint density at radius 3 is 2.56 bits per heavy atom. The Bertz CT molecular complexity index is 503. The highest BCUT2D eigenvalue weighted by molar-refractivity contribution is 5.94. The molecule has 0 unspecified atom stereocenters. The smallest absolute Gasteiger partial charge is 0.325 e. The Morgan fingerprint density at radius 1 is 1.50 bits per heavy atom. The molecule has 3 N–H and O–H groups in total. The van der Waals surface area contributed by atoms with E-state index in [-0.39, 0.29) is 5.69 Å². The van der Waals surface area contributed by atoms with Gasteiger partial charge in [0.05, 0.1) is 23.2 Å². The number of nitrogens with zero attached hydrogens (tertiary/aromatic N) is 1. The molecule has 1 aromatic rings. The van der Waals surface area contributed by atoms with Gasteiger partial charge in [0.1, 0.15) is 0 Å². The van der Waals surface area contributed by atoms with Crippen molar-refractivity contribution >= 4 is 11.6 Å². The van der Waals surface area contributed by atoms with Crippen LogP contribution in [0, 0.1) is 11.3 Å². The van der Waals surface area contributed by atoms with Crippen molar-refractivity contribution in [3.8, 4) is 6.07 Å². The van der Waals surface area contributed by atoms with Gasteiger partial charge in [-0.15, -0.1) is 0 Å². The third-order valence-corrected chi connectivity index (χ3v) is 2.13. The van der Waals surface area contributed by atoms with E-state index in [9.17, 15) is 18.0 Å². The summed E-state index contributed by atoms with van der Waals surface area (Å²) in [5.41, 5.74) is 3.64. The fourth-order valence-electron chi connectivity index (χ4n) is 1.21. The molecule has 0 fully saturated rings. The maximum Gasteiger partial charge on any atom is 0.417 e. The molecule has 0 aromatic heterocycles. The maximum absolute atomic E-state index is 12.6. The molecule has 0 heterocycles. The van der Waals surface area contributed by atoms with Crippen LogP contribution in [-0.4, -0.2) is 11.9 Å². The van der Waals surface area contributed by atoms with Crippen LogP contribution in [0.5, 0.6) is 0 Å². The van der Waals surface area contributed by atoms with Crippen LogP contribution < -0.4 is 11.1 Å². The quantitative estimate of drug-likeness (QED) is 0.848. The molecule has 0 spiro atoms. The Hall–Kier alpha value is -2.07. The first kappa shape index (κ1) is 14.0. The van der Waals surface area contributed by atoms with E-state index in [0.29, 0.717) is 6.07 Å². The number of alkyl halides is 3. The molecule has 0 aliphatic rings. The first-order valence-electron chi connectivity index (χ1n) is 4.93. The molecule has 0 bridgehead atoms. The molecule has 18 heavy (non-hydrogen) atoms. The molecular formula is C11H10F3N3O. The molecule has 0 radical (unpaired) electrons. The van der Waals surface area contributed by atoms with Crippen molar-refractivity contribution in [3.63, 3.8) is 0 Å². The van der Waals surface area contributed by atoms with Crippen LogP contribution in [0.25, 0.3) is 0 Å². The third-order valence-electron chi connectivity index (χ3n) is 2.13. The van der Waals surface area contributed by atoms with Gasteiger partial charge in [0, 0.05) is 5.69 Å². The van der Waals surface area contributed by atoms with Gasteiger partial charge in [0.15, 0.2) is 0 Å². The van der Waals surface area contributed by atoms with E-state index in [1.807, 2.05) is 0 Å². The highest BCUT2D eigenvalue weighted by Gasteiger charge is 2.34. The summed E-state index contributed by atoms with van der Waals surface area (Å²) in [6.07, 6.45) is -4.65. The minimum Gasteiger partial charge on any atom is -0.325 e. The highest BCUT2D eigenvalue weighted by atomic mass is 19.4. The highest BCUT2D eigenvalue weighted by Crippen LogP contribution is 2.33. The first-order valence-corrected chi connectivity index (χ1v) is 4.93. The van der Waals surface area contributed by atoms with E-state index in [0.717, 1.165) is 6.07 Å². The topological polar surface area (TPSA) is 78.9 Å². The molecule has 0 saturated carbocycles. The summed E-state index contributed by atoms with van der Waals surface area (Å²) in [6.45, 7) is 1.41. The van der Waals surface area contributed by atoms with Crippen LogP contribution in [0.2, 0.25) is 0 Å². The van der Waals surface area contributed by atoms with Crippen molar-refractivity contribution in [1.82, 2.24) is 0 Å². The molecule has 1 rings (SSSR count). The molecule has 1 atom stereocenters. The van der Waals surface area contributed by atoms with Gasteiger partial charge >= 0.3 is 6.18 Å². The summed E-state index contributed by atoms with van der Waals surface area (Å²) in [6, 6.07) is 3.53. The summed E-state index contributed by atoms with van der Waals surface area (Å²) in [7, 11) is 0. The maximum atomic E-state index is 12.6. The summed E-state index contributed by atoms with van der Waals surface area (Å²) >= 11 is 0. The number of nitrogens with one attached hydrogen (secondary N) is 1. The van der Waals surface area contributed by atoms with Gasteiger partial charge in [-0.25, -0.2) is 0 Å². The van der Waals surface area contributed by atoms with Crippen LogP contribution in [0.15, 0.2) is 18.2 Å². The summed E-state index contributed by atoms with van der Waals surface area (Å²) in [5, 5.41) is 10.8. The Morgan fingerprint density at radius 2 is 2.11 bits per heavy atom. The SMILES string of the molecule is C[C@@H](N)C(=O)Nc1ccc(C#N)c(C(F)(F)F)c1. The number of halogens is 3. The minimum absolute atomic E-state index is 0.0522. The Balaban J connectivity index is 3.13. The minimum atomic E-state index is -4.65. The number of amides is 1. The lowest BCUT2D eigenvalue weighted by Crippen LogP contribution is -2.32. The van der Waals surface area contributed by atoms with Gasteiger partial charge in [-0.1, -0.05) is 0 Å². The van der Waals surface area contributed by atoms with E-state index in [1.54, 1.807) is 0 Å². The summed E-state index contributed by atoms with van der Waals surface area (Å²) in [5.74, 6) is -0.604. The first-order chi connectivity index (χ1) is 8.25. The number of nitrogens with two attached hydrogens (primary N) is 1. The predicted molar refractivity (Wildman–Crippen MR) is 58.4 cm³/mol. The van der Waals surface area contributed by atoms with Crippen LogP contribution >= 0.6 is 0 Å². The molecular weight excluding hydrogens is 247 g/mol. The summed E-state index contributed by atoms with van der Waals surface area (Å²) in [4.78, 5) is 11.2. The number of hydrogen-bond donors (Lipinski definition) is 2.